The quantitative estimate of drug-likeness (QED) is 0.606. The normalized spacial score (nSPS) is 9.09. The minimum absolute atomic E-state index is 0.596. The van der Waals surface area contributed by atoms with Crippen LogP contribution in [0.5, 0.6) is 0 Å². The molecule has 0 saturated heterocycles. The van der Waals surface area contributed by atoms with Crippen molar-refractivity contribution in [3.8, 4) is 0 Å². The SMILES string of the molecule is NC(=O)N[CH]c1ccnnc1. The Balaban J connectivity index is 2.45. The molecule has 1 heterocycles. The molecule has 0 aromatic carbocycles. The summed E-state index contributed by atoms with van der Waals surface area (Å²) in [5, 5.41) is 9.46. The molecule has 0 saturated carbocycles. The maximum Gasteiger partial charge on any atom is 0.312 e. The van der Waals surface area contributed by atoms with Gasteiger partial charge in [-0.3, -0.25) is 0 Å². The summed E-state index contributed by atoms with van der Waals surface area (Å²) >= 11 is 0. The van der Waals surface area contributed by atoms with Crippen molar-refractivity contribution in [3.63, 3.8) is 0 Å². The first kappa shape index (κ1) is 7.46. The van der Waals surface area contributed by atoms with Crippen LogP contribution in [0.4, 0.5) is 4.79 Å². The second-order valence-corrected chi connectivity index (χ2v) is 1.83. The molecular formula is C6H7N4O. The third-order valence-electron chi connectivity index (χ3n) is 0.988. The van der Waals surface area contributed by atoms with Crippen molar-refractivity contribution in [2.75, 3.05) is 0 Å². The fraction of sp³-hybridized carbons (Fsp3) is 0. The van der Waals surface area contributed by atoms with E-state index in [1.807, 2.05) is 0 Å². The summed E-state index contributed by atoms with van der Waals surface area (Å²) in [7, 11) is 0. The summed E-state index contributed by atoms with van der Waals surface area (Å²) in [6.45, 7) is 1.46. The average molecular weight is 151 g/mol. The zero-order chi connectivity index (χ0) is 8.10. The van der Waals surface area contributed by atoms with E-state index >= 15 is 0 Å². The fourth-order valence-corrected chi connectivity index (χ4v) is 0.541. The van der Waals surface area contributed by atoms with Gasteiger partial charge in [-0.05, 0) is 11.6 Å². The number of carbonyl (C=O) groups is 1. The van der Waals surface area contributed by atoms with Crippen molar-refractivity contribution < 1.29 is 4.79 Å². The molecule has 57 valence electrons. The summed E-state index contributed by atoms with van der Waals surface area (Å²) in [6, 6.07) is 1.10. The summed E-state index contributed by atoms with van der Waals surface area (Å²) in [5.74, 6) is 0. The highest BCUT2D eigenvalue weighted by atomic mass is 16.2. The standard InChI is InChI=1S/C6H7N4O/c7-6(11)8-3-5-1-2-9-10-4-5/h1-4H,(H3,7,8,11). The van der Waals surface area contributed by atoms with Crippen LogP contribution in [0, 0.1) is 6.54 Å². The van der Waals surface area contributed by atoms with Gasteiger partial charge in [0.05, 0.1) is 12.7 Å². The molecule has 0 spiro atoms. The molecule has 0 unspecified atom stereocenters. The Morgan fingerprint density at radius 1 is 1.64 bits per heavy atom. The molecule has 0 atom stereocenters. The highest BCUT2D eigenvalue weighted by molar-refractivity contribution is 5.72. The fourth-order valence-electron chi connectivity index (χ4n) is 0.541. The van der Waals surface area contributed by atoms with Gasteiger partial charge in [0.1, 0.15) is 0 Å². The number of nitrogens with two attached hydrogens (primary N) is 1. The van der Waals surface area contributed by atoms with Gasteiger partial charge in [-0.1, -0.05) is 0 Å². The van der Waals surface area contributed by atoms with E-state index in [0.29, 0.717) is 0 Å². The largest absolute Gasteiger partial charge is 0.352 e. The Labute approximate surface area is 63.6 Å². The van der Waals surface area contributed by atoms with E-state index in [-0.39, 0.29) is 0 Å². The number of primary amides is 1. The van der Waals surface area contributed by atoms with Gasteiger partial charge >= 0.3 is 6.03 Å². The molecule has 0 aliphatic heterocycles. The Bertz CT molecular complexity index is 236. The van der Waals surface area contributed by atoms with E-state index in [1.54, 1.807) is 6.07 Å². The first-order valence-electron chi connectivity index (χ1n) is 2.95. The van der Waals surface area contributed by atoms with Crippen LogP contribution >= 0.6 is 0 Å². The molecular weight excluding hydrogens is 144 g/mol. The topological polar surface area (TPSA) is 80.9 Å². The van der Waals surface area contributed by atoms with Crippen molar-refractivity contribution in [2.24, 2.45) is 5.73 Å². The van der Waals surface area contributed by atoms with Crippen molar-refractivity contribution in [2.45, 2.75) is 0 Å². The van der Waals surface area contributed by atoms with E-state index in [0.717, 1.165) is 5.56 Å². The number of hydrogen-bond donors (Lipinski definition) is 2. The predicted molar refractivity (Wildman–Crippen MR) is 38.2 cm³/mol. The number of nitrogens with one attached hydrogen (secondary N) is 1. The van der Waals surface area contributed by atoms with Crippen LogP contribution in [-0.4, -0.2) is 16.2 Å². The number of carbonyl (C=O) groups excluding carboxylic acids is 1. The van der Waals surface area contributed by atoms with Gasteiger partial charge in [-0.15, -0.1) is 0 Å². The van der Waals surface area contributed by atoms with Gasteiger partial charge in [0.2, 0.25) is 0 Å². The molecule has 3 N–H and O–H groups in total. The molecule has 1 aromatic rings. The molecule has 2 amide bonds. The highest BCUT2D eigenvalue weighted by Gasteiger charge is 1.93. The van der Waals surface area contributed by atoms with Gasteiger partial charge < -0.3 is 11.1 Å². The van der Waals surface area contributed by atoms with Crippen LogP contribution < -0.4 is 11.1 Å². The van der Waals surface area contributed by atoms with Gasteiger partial charge in [0.15, 0.2) is 0 Å². The van der Waals surface area contributed by atoms with Gasteiger partial charge in [-0.2, -0.15) is 10.2 Å². The number of nitrogens with zero attached hydrogens (tertiary/aromatic N) is 2. The Morgan fingerprint density at radius 3 is 3.00 bits per heavy atom. The van der Waals surface area contributed by atoms with Crippen LogP contribution in [-0.2, 0) is 0 Å². The minimum Gasteiger partial charge on any atom is -0.352 e. The van der Waals surface area contributed by atoms with Crippen LogP contribution in [0.3, 0.4) is 0 Å². The van der Waals surface area contributed by atoms with Crippen LogP contribution in [0.2, 0.25) is 0 Å². The minimum atomic E-state index is -0.596. The molecule has 0 bridgehead atoms. The number of amides is 2. The first-order chi connectivity index (χ1) is 5.29. The second-order valence-electron chi connectivity index (χ2n) is 1.83. The molecule has 0 fully saturated rings. The van der Waals surface area contributed by atoms with E-state index < -0.39 is 6.03 Å². The molecule has 0 aliphatic rings. The summed E-state index contributed by atoms with van der Waals surface area (Å²) < 4.78 is 0. The van der Waals surface area contributed by atoms with Crippen molar-refractivity contribution in [3.05, 3.63) is 30.6 Å². The van der Waals surface area contributed by atoms with Crippen LogP contribution in [0.1, 0.15) is 5.56 Å². The van der Waals surface area contributed by atoms with Crippen molar-refractivity contribution in [1.82, 2.24) is 15.5 Å². The molecule has 1 rings (SSSR count). The van der Waals surface area contributed by atoms with E-state index in [1.165, 1.54) is 18.9 Å². The van der Waals surface area contributed by atoms with Gasteiger partial charge in [0.25, 0.3) is 0 Å². The molecule has 11 heavy (non-hydrogen) atoms. The number of aromatic nitrogens is 2. The monoisotopic (exact) mass is 151 g/mol. The lowest BCUT2D eigenvalue weighted by Crippen LogP contribution is -2.27. The molecule has 5 nitrogen and oxygen atoms in total. The van der Waals surface area contributed by atoms with Crippen LogP contribution in [0.15, 0.2) is 18.5 Å². The highest BCUT2D eigenvalue weighted by Crippen LogP contribution is 1.93. The lowest BCUT2D eigenvalue weighted by molar-refractivity contribution is 0.251. The van der Waals surface area contributed by atoms with E-state index in [4.69, 9.17) is 5.73 Å². The summed E-state index contributed by atoms with van der Waals surface area (Å²) in [4.78, 5) is 10.2. The first-order valence-corrected chi connectivity index (χ1v) is 2.95. The third kappa shape index (κ3) is 2.61. The van der Waals surface area contributed by atoms with Crippen LogP contribution in [0.25, 0.3) is 0 Å². The molecule has 1 aromatic heterocycles. The number of rotatable bonds is 2. The smallest absolute Gasteiger partial charge is 0.312 e. The lowest BCUT2D eigenvalue weighted by Gasteiger charge is -1.97. The zero-order valence-corrected chi connectivity index (χ0v) is 5.69. The van der Waals surface area contributed by atoms with Gasteiger partial charge in [-0.25, -0.2) is 4.79 Å². The molecule has 5 heteroatoms. The van der Waals surface area contributed by atoms with E-state index in [2.05, 4.69) is 15.5 Å². The maximum atomic E-state index is 10.2. The van der Waals surface area contributed by atoms with Crippen molar-refractivity contribution in [1.29, 1.82) is 0 Å². The number of urea groups is 1. The van der Waals surface area contributed by atoms with E-state index in [9.17, 15) is 4.79 Å². The summed E-state index contributed by atoms with van der Waals surface area (Å²) in [6.07, 6.45) is 3.03. The average Bonchev–Trinajstić information content (AvgIpc) is 2.03. The predicted octanol–water partition coefficient (Wildman–Crippen LogP) is -0.345. The van der Waals surface area contributed by atoms with Gasteiger partial charge in [0, 0.05) is 6.20 Å². The zero-order valence-electron chi connectivity index (χ0n) is 5.69. The van der Waals surface area contributed by atoms with Crippen molar-refractivity contribution >= 4 is 6.03 Å². The number of hydrogen-bond acceptors (Lipinski definition) is 3. The maximum absolute atomic E-state index is 10.2. The Hall–Kier alpha value is -1.65. The Kier molecular flexibility index (Phi) is 2.37. The Morgan fingerprint density at radius 2 is 2.45 bits per heavy atom. The molecule has 0 aliphatic carbocycles. The lowest BCUT2D eigenvalue weighted by atomic mass is 10.3. The second kappa shape index (κ2) is 3.50. The molecule has 1 radical (unpaired) electrons. The third-order valence-corrected chi connectivity index (χ3v) is 0.988. The summed E-state index contributed by atoms with van der Waals surface area (Å²) in [5.41, 5.74) is 5.57.